The molecular weight excluding hydrogens is 200 g/mol. The van der Waals surface area contributed by atoms with Gasteiger partial charge in [-0.05, 0) is 36.1 Å². The number of carbonyl (C=O) groups is 2. The maximum Gasteiger partial charge on any atom is 0.150 e. The zero-order chi connectivity index (χ0) is 12.0. The Labute approximate surface area is 95.3 Å². The molecule has 0 saturated heterocycles. The molecule has 2 heteroatoms. The fraction of sp³-hybridized carbons (Fsp3) is 0.143. The lowest BCUT2D eigenvalue weighted by Crippen LogP contribution is -1.99. The molecule has 1 aromatic rings. The van der Waals surface area contributed by atoms with Crippen molar-refractivity contribution in [2.24, 2.45) is 0 Å². The van der Waals surface area contributed by atoms with Crippen LogP contribution in [0.5, 0.6) is 0 Å². The molecule has 0 aliphatic heterocycles. The third-order valence-electron chi connectivity index (χ3n) is 2.38. The molecule has 16 heavy (non-hydrogen) atoms. The van der Waals surface area contributed by atoms with Crippen LogP contribution in [0.2, 0.25) is 0 Å². The Morgan fingerprint density at radius 1 is 0.875 bits per heavy atom. The highest BCUT2D eigenvalue weighted by Crippen LogP contribution is 2.16. The molecule has 0 saturated carbocycles. The number of hydrogen-bond donors (Lipinski definition) is 0. The van der Waals surface area contributed by atoms with Crippen molar-refractivity contribution in [3.8, 4) is 0 Å². The maximum absolute atomic E-state index is 10.9. The molecule has 82 valence electrons. The van der Waals surface area contributed by atoms with Gasteiger partial charge in [0.2, 0.25) is 0 Å². The van der Waals surface area contributed by atoms with Crippen LogP contribution in [0.4, 0.5) is 0 Å². The summed E-state index contributed by atoms with van der Waals surface area (Å²) in [4.78, 5) is 21.8. The maximum atomic E-state index is 10.9. The summed E-state index contributed by atoms with van der Waals surface area (Å²) in [5.74, 6) is 0. The normalized spacial score (nSPS) is 9.50. The van der Waals surface area contributed by atoms with Gasteiger partial charge in [0.25, 0.3) is 0 Å². The molecule has 0 radical (unpaired) electrons. The monoisotopic (exact) mass is 214 g/mol. The van der Waals surface area contributed by atoms with Crippen LogP contribution in [-0.4, -0.2) is 12.6 Å². The SMILES string of the molecule is C=CCc1cc(C=O)c(CC=C)cc1C=O. The van der Waals surface area contributed by atoms with Crippen LogP contribution in [0.25, 0.3) is 0 Å². The average Bonchev–Trinajstić information content (AvgIpc) is 2.31. The molecule has 0 aliphatic rings. The Morgan fingerprint density at radius 3 is 1.50 bits per heavy atom. The number of hydrogen-bond acceptors (Lipinski definition) is 2. The molecule has 2 nitrogen and oxygen atoms in total. The second-order valence-electron chi connectivity index (χ2n) is 3.47. The van der Waals surface area contributed by atoms with E-state index in [2.05, 4.69) is 13.2 Å². The molecule has 0 N–H and O–H groups in total. The van der Waals surface area contributed by atoms with Gasteiger partial charge in [0.05, 0.1) is 0 Å². The standard InChI is InChI=1S/C14H14O2/c1-3-5-11-7-14(10-16)12(6-4-2)8-13(11)9-15/h3-4,7-10H,1-2,5-6H2. The first kappa shape index (κ1) is 12.1. The van der Waals surface area contributed by atoms with Crippen molar-refractivity contribution in [1.82, 2.24) is 0 Å². The summed E-state index contributed by atoms with van der Waals surface area (Å²) in [6.07, 6.45) is 6.21. The Balaban J connectivity index is 3.32. The summed E-state index contributed by atoms with van der Waals surface area (Å²) < 4.78 is 0. The van der Waals surface area contributed by atoms with Crippen LogP contribution in [0.1, 0.15) is 31.8 Å². The predicted molar refractivity (Wildman–Crippen MR) is 65.0 cm³/mol. The van der Waals surface area contributed by atoms with E-state index in [0.29, 0.717) is 24.0 Å². The van der Waals surface area contributed by atoms with Gasteiger partial charge in [-0.2, -0.15) is 0 Å². The Morgan fingerprint density at radius 2 is 1.25 bits per heavy atom. The highest BCUT2D eigenvalue weighted by atomic mass is 16.1. The van der Waals surface area contributed by atoms with E-state index in [4.69, 9.17) is 0 Å². The summed E-state index contributed by atoms with van der Waals surface area (Å²) in [6.45, 7) is 7.25. The second-order valence-corrected chi connectivity index (χ2v) is 3.47. The van der Waals surface area contributed by atoms with Gasteiger partial charge in [0.1, 0.15) is 12.6 Å². The molecule has 0 aromatic heterocycles. The molecule has 0 fully saturated rings. The summed E-state index contributed by atoms with van der Waals surface area (Å²) in [6, 6.07) is 3.49. The van der Waals surface area contributed by atoms with Crippen LogP contribution in [0.3, 0.4) is 0 Å². The first-order valence-electron chi connectivity index (χ1n) is 5.04. The number of allylic oxidation sites excluding steroid dienone is 2. The lowest BCUT2D eigenvalue weighted by atomic mass is 9.96. The summed E-state index contributed by atoms with van der Waals surface area (Å²) in [5, 5.41) is 0. The molecule has 0 atom stereocenters. The summed E-state index contributed by atoms with van der Waals surface area (Å²) in [5.41, 5.74) is 2.89. The third-order valence-corrected chi connectivity index (χ3v) is 2.38. The number of carbonyl (C=O) groups excluding carboxylic acids is 2. The predicted octanol–water partition coefficient (Wildman–Crippen LogP) is 2.77. The van der Waals surface area contributed by atoms with E-state index in [9.17, 15) is 9.59 Å². The molecule has 0 spiro atoms. The number of aldehydes is 2. The van der Waals surface area contributed by atoms with E-state index < -0.39 is 0 Å². The van der Waals surface area contributed by atoms with Crippen LogP contribution in [0, 0.1) is 0 Å². The molecule has 1 aromatic carbocycles. The van der Waals surface area contributed by atoms with Crippen molar-refractivity contribution < 1.29 is 9.59 Å². The summed E-state index contributed by atoms with van der Waals surface area (Å²) >= 11 is 0. The van der Waals surface area contributed by atoms with Crippen LogP contribution < -0.4 is 0 Å². The molecular formula is C14H14O2. The number of rotatable bonds is 6. The van der Waals surface area contributed by atoms with E-state index in [1.165, 1.54) is 0 Å². The van der Waals surface area contributed by atoms with Gasteiger partial charge in [0.15, 0.2) is 0 Å². The van der Waals surface area contributed by atoms with Gasteiger partial charge in [-0.15, -0.1) is 13.2 Å². The lowest BCUT2D eigenvalue weighted by Gasteiger charge is -2.08. The van der Waals surface area contributed by atoms with Gasteiger partial charge in [-0.3, -0.25) is 9.59 Å². The Kier molecular flexibility index (Phi) is 4.40. The quantitative estimate of drug-likeness (QED) is 0.539. The van der Waals surface area contributed by atoms with Gasteiger partial charge in [-0.25, -0.2) is 0 Å². The van der Waals surface area contributed by atoms with Crippen LogP contribution >= 0.6 is 0 Å². The van der Waals surface area contributed by atoms with Crippen LogP contribution in [-0.2, 0) is 12.8 Å². The zero-order valence-electron chi connectivity index (χ0n) is 9.11. The Bertz CT molecular complexity index is 389. The van der Waals surface area contributed by atoms with E-state index in [-0.39, 0.29) is 0 Å². The zero-order valence-corrected chi connectivity index (χ0v) is 9.11. The molecule has 1 rings (SSSR count). The van der Waals surface area contributed by atoms with E-state index in [1.807, 2.05) is 0 Å². The van der Waals surface area contributed by atoms with Crippen molar-refractivity contribution in [3.05, 3.63) is 59.7 Å². The van der Waals surface area contributed by atoms with Crippen molar-refractivity contribution in [3.63, 3.8) is 0 Å². The van der Waals surface area contributed by atoms with Crippen molar-refractivity contribution in [2.75, 3.05) is 0 Å². The third kappa shape index (κ3) is 2.54. The minimum Gasteiger partial charge on any atom is -0.298 e. The fourth-order valence-electron chi connectivity index (χ4n) is 1.61. The smallest absolute Gasteiger partial charge is 0.150 e. The molecule has 0 bridgehead atoms. The second kappa shape index (κ2) is 5.81. The molecule has 0 aliphatic carbocycles. The minimum atomic E-state index is 0.587. The lowest BCUT2D eigenvalue weighted by molar-refractivity contribution is 0.111. The molecule has 0 unspecified atom stereocenters. The Hall–Kier alpha value is -1.96. The highest BCUT2D eigenvalue weighted by Gasteiger charge is 2.07. The first-order valence-corrected chi connectivity index (χ1v) is 5.04. The van der Waals surface area contributed by atoms with Gasteiger partial charge < -0.3 is 0 Å². The van der Waals surface area contributed by atoms with Gasteiger partial charge >= 0.3 is 0 Å². The van der Waals surface area contributed by atoms with E-state index >= 15 is 0 Å². The number of benzene rings is 1. The topological polar surface area (TPSA) is 34.1 Å². The first-order chi connectivity index (χ1) is 7.76. The minimum absolute atomic E-state index is 0.587. The van der Waals surface area contributed by atoms with Crippen molar-refractivity contribution in [1.29, 1.82) is 0 Å². The van der Waals surface area contributed by atoms with Crippen molar-refractivity contribution >= 4 is 12.6 Å². The highest BCUT2D eigenvalue weighted by molar-refractivity contribution is 5.84. The fourth-order valence-corrected chi connectivity index (χ4v) is 1.61. The largest absolute Gasteiger partial charge is 0.298 e. The van der Waals surface area contributed by atoms with E-state index in [0.717, 1.165) is 23.7 Å². The van der Waals surface area contributed by atoms with Crippen LogP contribution in [0.15, 0.2) is 37.4 Å². The summed E-state index contributed by atoms with van der Waals surface area (Å²) in [7, 11) is 0. The molecule has 0 heterocycles. The molecule has 0 amide bonds. The van der Waals surface area contributed by atoms with Gasteiger partial charge in [-0.1, -0.05) is 12.2 Å². The van der Waals surface area contributed by atoms with Gasteiger partial charge in [0, 0.05) is 11.1 Å². The average molecular weight is 214 g/mol. The van der Waals surface area contributed by atoms with Crippen molar-refractivity contribution in [2.45, 2.75) is 12.8 Å². The van der Waals surface area contributed by atoms with E-state index in [1.54, 1.807) is 24.3 Å².